The number of halogens is 1. The van der Waals surface area contributed by atoms with Crippen molar-refractivity contribution in [2.75, 3.05) is 0 Å². The van der Waals surface area contributed by atoms with E-state index in [0.29, 0.717) is 12.0 Å². The lowest BCUT2D eigenvalue weighted by Gasteiger charge is -2.13. The first-order valence-corrected chi connectivity index (χ1v) is 8.18. The van der Waals surface area contributed by atoms with Crippen LogP contribution in [0.15, 0.2) is 24.3 Å². The summed E-state index contributed by atoms with van der Waals surface area (Å²) in [6.45, 7) is 3.91. The van der Waals surface area contributed by atoms with Gasteiger partial charge in [0.2, 0.25) is 0 Å². The molecule has 0 amide bonds. The van der Waals surface area contributed by atoms with Gasteiger partial charge in [0, 0.05) is 5.56 Å². The molecule has 1 atom stereocenters. The predicted molar refractivity (Wildman–Crippen MR) is 83.6 cm³/mol. The first kappa shape index (κ1) is 17.1. The molecule has 1 rings (SSSR count). The predicted octanol–water partition coefficient (Wildman–Crippen LogP) is 3.86. The van der Waals surface area contributed by atoms with Crippen LogP contribution in [0.25, 0.3) is 0 Å². The lowest BCUT2D eigenvalue weighted by Crippen LogP contribution is -2.05. The first-order chi connectivity index (χ1) is 9.49. The van der Waals surface area contributed by atoms with E-state index < -0.39 is 16.3 Å². The van der Waals surface area contributed by atoms with E-state index in [-0.39, 0.29) is 5.75 Å². The molecular formula is C15H19ClO3S. The van der Waals surface area contributed by atoms with E-state index in [4.69, 9.17) is 16.2 Å². The lowest BCUT2D eigenvalue weighted by atomic mass is 9.95. The van der Waals surface area contributed by atoms with Gasteiger partial charge in [-0.05, 0) is 60.5 Å². The minimum Gasteiger partial charge on any atom is -0.306 e. The molecule has 20 heavy (non-hydrogen) atoms. The number of aryl methyl sites for hydroxylation is 2. The molecule has 0 aromatic heterocycles. The molecule has 0 fully saturated rings. The minimum atomic E-state index is -1.94. The Bertz CT molecular complexity index is 538. The molecule has 0 saturated heterocycles. The van der Waals surface area contributed by atoms with Gasteiger partial charge < -0.3 is 4.55 Å². The highest BCUT2D eigenvalue weighted by molar-refractivity contribution is 7.78. The molecule has 0 aliphatic heterocycles. The van der Waals surface area contributed by atoms with Crippen LogP contribution < -0.4 is 0 Å². The fraction of sp³-hybridized carbons (Fsp3) is 0.400. The highest BCUT2D eigenvalue weighted by Crippen LogP contribution is 2.22. The summed E-state index contributed by atoms with van der Waals surface area (Å²) in [5.74, 6) is 0.0202. The van der Waals surface area contributed by atoms with Gasteiger partial charge in [0.1, 0.15) is 0 Å². The molecule has 0 heterocycles. The third kappa shape index (κ3) is 4.85. The Labute approximate surface area is 127 Å². The van der Waals surface area contributed by atoms with Gasteiger partial charge in [0.15, 0.2) is 11.1 Å². The smallest absolute Gasteiger partial charge is 0.252 e. The van der Waals surface area contributed by atoms with Gasteiger partial charge >= 0.3 is 0 Å². The molecule has 0 aliphatic carbocycles. The molecule has 0 spiro atoms. The molecule has 0 saturated carbocycles. The standard InChI is InChI=1S/C15H19ClO3S/c1-3-5-6-7-12-8-11(4-2)14(15(16)17)9-13(12)10-20(18)19/h3,5,8-9H,4,6-7,10H2,1-2H3,(H,18,19). The maximum atomic E-state index is 11.5. The van der Waals surface area contributed by atoms with Crippen LogP contribution >= 0.6 is 11.6 Å². The Morgan fingerprint density at radius 1 is 1.35 bits per heavy atom. The Morgan fingerprint density at radius 3 is 2.55 bits per heavy atom. The highest BCUT2D eigenvalue weighted by atomic mass is 35.5. The van der Waals surface area contributed by atoms with E-state index in [9.17, 15) is 9.00 Å². The Balaban J connectivity index is 3.23. The Morgan fingerprint density at radius 2 is 2.05 bits per heavy atom. The SMILES string of the molecule is CC=CCCc1cc(CC)c(C(=O)Cl)cc1CS(=O)O. The van der Waals surface area contributed by atoms with Gasteiger partial charge in [-0.1, -0.05) is 25.1 Å². The second kappa shape index (κ2) is 8.35. The summed E-state index contributed by atoms with van der Waals surface area (Å²) in [6, 6.07) is 3.59. The third-order valence-corrected chi connectivity index (χ3v) is 3.87. The normalized spacial score (nSPS) is 12.8. The Kier molecular flexibility index (Phi) is 7.13. The van der Waals surface area contributed by atoms with Crippen molar-refractivity contribution in [2.24, 2.45) is 0 Å². The molecule has 1 N–H and O–H groups in total. The number of rotatable bonds is 7. The van der Waals surface area contributed by atoms with Gasteiger partial charge in [0.05, 0.1) is 5.75 Å². The number of hydrogen-bond donors (Lipinski definition) is 1. The zero-order valence-electron chi connectivity index (χ0n) is 11.7. The van der Waals surface area contributed by atoms with Crippen LogP contribution in [0.3, 0.4) is 0 Å². The van der Waals surface area contributed by atoms with Gasteiger partial charge in [-0.15, -0.1) is 0 Å². The maximum absolute atomic E-state index is 11.5. The van der Waals surface area contributed by atoms with Gasteiger partial charge in [-0.3, -0.25) is 4.79 Å². The number of carbonyl (C=O) groups excluding carboxylic acids is 1. The number of allylic oxidation sites excluding steroid dienone is 2. The van der Waals surface area contributed by atoms with Crippen LogP contribution in [-0.2, 0) is 29.7 Å². The van der Waals surface area contributed by atoms with E-state index >= 15 is 0 Å². The average molecular weight is 315 g/mol. The maximum Gasteiger partial charge on any atom is 0.252 e. The number of carbonyl (C=O) groups is 1. The number of hydrogen-bond acceptors (Lipinski definition) is 2. The minimum absolute atomic E-state index is 0.0202. The zero-order valence-corrected chi connectivity index (χ0v) is 13.3. The molecule has 1 unspecified atom stereocenters. The fourth-order valence-corrected chi connectivity index (χ4v) is 2.83. The molecule has 110 valence electrons. The van der Waals surface area contributed by atoms with Crippen molar-refractivity contribution in [1.82, 2.24) is 0 Å². The largest absolute Gasteiger partial charge is 0.306 e. The Hall–Kier alpha value is -0.970. The summed E-state index contributed by atoms with van der Waals surface area (Å²) in [4.78, 5) is 11.5. The summed E-state index contributed by atoms with van der Waals surface area (Å²) >= 11 is 3.65. The van der Waals surface area contributed by atoms with E-state index in [0.717, 1.165) is 29.5 Å². The molecule has 0 radical (unpaired) electrons. The van der Waals surface area contributed by atoms with E-state index in [1.165, 1.54) is 0 Å². The summed E-state index contributed by atoms with van der Waals surface area (Å²) in [7, 11) is 0. The molecular weight excluding hydrogens is 296 g/mol. The van der Waals surface area contributed by atoms with Crippen molar-refractivity contribution >= 4 is 27.9 Å². The third-order valence-electron chi connectivity index (χ3n) is 3.11. The monoisotopic (exact) mass is 314 g/mol. The average Bonchev–Trinajstić information content (AvgIpc) is 2.39. The van der Waals surface area contributed by atoms with Crippen LogP contribution in [0.1, 0.15) is 47.3 Å². The van der Waals surface area contributed by atoms with Gasteiger partial charge in [-0.25, -0.2) is 4.21 Å². The van der Waals surface area contributed by atoms with Crippen LogP contribution in [0.2, 0.25) is 0 Å². The zero-order chi connectivity index (χ0) is 15.1. The second-order valence-corrected chi connectivity index (χ2v) is 5.75. The van der Waals surface area contributed by atoms with Gasteiger partial charge in [-0.2, -0.15) is 0 Å². The van der Waals surface area contributed by atoms with E-state index in [1.807, 2.05) is 32.1 Å². The molecule has 0 bridgehead atoms. The topological polar surface area (TPSA) is 54.4 Å². The molecule has 1 aromatic carbocycles. The first-order valence-electron chi connectivity index (χ1n) is 6.52. The number of benzene rings is 1. The van der Waals surface area contributed by atoms with Crippen molar-refractivity contribution < 1.29 is 13.6 Å². The molecule has 1 aromatic rings. The van der Waals surface area contributed by atoms with Crippen LogP contribution in [0.4, 0.5) is 0 Å². The molecule has 3 nitrogen and oxygen atoms in total. The fourth-order valence-electron chi connectivity index (χ4n) is 2.12. The molecule has 5 heteroatoms. The van der Waals surface area contributed by atoms with Crippen LogP contribution in [-0.4, -0.2) is 14.0 Å². The van der Waals surface area contributed by atoms with E-state index in [1.54, 1.807) is 6.07 Å². The van der Waals surface area contributed by atoms with Crippen molar-refractivity contribution in [3.63, 3.8) is 0 Å². The van der Waals surface area contributed by atoms with Crippen molar-refractivity contribution in [2.45, 2.75) is 38.9 Å². The quantitative estimate of drug-likeness (QED) is 0.472. The highest BCUT2D eigenvalue weighted by Gasteiger charge is 2.14. The van der Waals surface area contributed by atoms with E-state index in [2.05, 4.69) is 0 Å². The summed E-state index contributed by atoms with van der Waals surface area (Å²) in [6.07, 6.45) is 6.36. The van der Waals surface area contributed by atoms with Gasteiger partial charge in [0.25, 0.3) is 5.24 Å². The molecule has 0 aliphatic rings. The van der Waals surface area contributed by atoms with Crippen LogP contribution in [0, 0.1) is 0 Å². The van der Waals surface area contributed by atoms with Crippen molar-refractivity contribution in [3.05, 3.63) is 46.5 Å². The van der Waals surface area contributed by atoms with Crippen LogP contribution in [0.5, 0.6) is 0 Å². The lowest BCUT2D eigenvalue weighted by molar-refractivity contribution is 0.108. The summed E-state index contributed by atoms with van der Waals surface area (Å²) in [5, 5.41) is -0.521. The van der Waals surface area contributed by atoms with Crippen molar-refractivity contribution in [3.8, 4) is 0 Å². The summed E-state index contributed by atoms with van der Waals surface area (Å²) < 4.78 is 20.2. The summed E-state index contributed by atoms with van der Waals surface area (Å²) in [5.41, 5.74) is 3.04. The second-order valence-electron chi connectivity index (χ2n) is 4.48. The van der Waals surface area contributed by atoms with Crippen molar-refractivity contribution in [1.29, 1.82) is 0 Å².